The second-order valence-electron chi connectivity index (χ2n) is 8.00. The standard InChI is InChI=1S/C26H27NO5/c1-2-25-13-14-26(32-25,23(17-31-19-29)22(25)16-30-18-28)24(15-20-9-5-3-6-10-20)27-21-11-7-4-8-12-21/h3-14,18-19,24,27H,2,15-17H2,1H3. The lowest BCUT2D eigenvalue weighted by molar-refractivity contribution is -0.129. The molecule has 0 spiro atoms. The Morgan fingerprint density at radius 1 is 0.906 bits per heavy atom. The summed E-state index contributed by atoms with van der Waals surface area (Å²) in [4.78, 5) is 22.1. The maximum Gasteiger partial charge on any atom is 0.293 e. The van der Waals surface area contributed by atoms with Crippen LogP contribution in [0.25, 0.3) is 0 Å². The summed E-state index contributed by atoms with van der Waals surface area (Å²) in [7, 11) is 0. The molecule has 3 unspecified atom stereocenters. The fourth-order valence-electron chi connectivity index (χ4n) is 4.78. The molecular formula is C26H27NO5. The Hall–Kier alpha value is -3.38. The maximum absolute atomic E-state index is 11.1. The number of nitrogens with one attached hydrogen (secondary N) is 1. The first-order chi connectivity index (χ1) is 15.7. The monoisotopic (exact) mass is 433 g/mol. The summed E-state index contributed by atoms with van der Waals surface area (Å²) in [6, 6.07) is 19.9. The quantitative estimate of drug-likeness (QED) is 0.405. The van der Waals surface area contributed by atoms with Crippen LogP contribution < -0.4 is 5.32 Å². The molecule has 3 atom stereocenters. The molecule has 2 heterocycles. The SMILES string of the molecule is CCC12C=CC(C(Cc3ccccc3)Nc3ccccc3)(O1)C(COC=O)=C2COC=O. The normalized spacial score (nSPS) is 24.3. The van der Waals surface area contributed by atoms with Gasteiger partial charge in [-0.3, -0.25) is 9.59 Å². The number of carbonyl (C=O) groups excluding carboxylic acids is 2. The summed E-state index contributed by atoms with van der Waals surface area (Å²) in [5, 5.41) is 3.65. The molecule has 0 radical (unpaired) electrons. The molecule has 32 heavy (non-hydrogen) atoms. The van der Waals surface area contributed by atoms with Crippen molar-refractivity contribution in [3.05, 3.63) is 89.5 Å². The van der Waals surface area contributed by atoms with E-state index >= 15 is 0 Å². The minimum atomic E-state index is -0.855. The number of hydrogen-bond acceptors (Lipinski definition) is 6. The van der Waals surface area contributed by atoms with Crippen LogP contribution >= 0.6 is 0 Å². The van der Waals surface area contributed by atoms with Gasteiger partial charge in [0.2, 0.25) is 0 Å². The van der Waals surface area contributed by atoms with Crippen molar-refractivity contribution >= 4 is 18.6 Å². The largest absolute Gasteiger partial charge is 0.463 e. The molecule has 2 bridgehead atoms. The van der Waals surface area contributed by atoms with Gasteiger partial charge in [0.15, 0.2) is 0 Å². The van der Waals surface area contributed by atoms with Crippen LogP contribution in [-0.2, 0) is 30.2 Å². The molecule has 0 amide bonds. The van der Waals surface area contributed by atoms with Gasteiger partial charge in [0.1, 0.15) is 24.4 Å². The summed E-state index contributed by atoms with van der Waals surface area (Å²) < 4.78 is 17.2. The number of benzene rings is 2. The van der Waals surface area contributed by atoms with Crippen LogP contribution in [0, 0.1) is 0 Å². The van der Waals surface area contributed by atoms with E-state index in [2.05, 4.69) is 23.5 Å². The molecule has 4 rings (SSSR count). The van der Waals surface area contributed by atoms with E-state index in [1.165, 1.54) is 0 Å². The third-order valence-corrected chi connectivity index (χ3v) is 6.33. The van der Waals surface area contributed by atoms with Crippen LogP contribution in [0.5, 0.6) is 0 Å². The summed E-state index contributed by atoms with van der Waals surface area (Å²) in [6.45, 7) is 3.05. The Kier molecular flexibility index (Phi) is 6.42. The summed E-state index contributed by atoms with van der Waals surface area (Å²) >= 11 is 0. The van der Waals surface area contributed by atoms with Crippen molar-refractivity contribution in [2.24, 2.45) is 0 Å². The van der Waals surface area contributed by atoms with Crippen molar-refractivity contribution in [1.29, 1.82) is 0 Å². The van der Waals surface area contributed by atoms with Crippen LogP contribution in [0.1, 0.15) is 18.9 Å². The first-order valence-electron chi connectivity index (χ1n) is 10.8. The third kappa shape index (κ3) is 3.94. The molecule has 0 saturated carbocycles. The zero-order valence-electron chi connectivity index (χ0n) is 18.0. The number of anilines is 1. The summed E-state index contributed by atoms with van der Waals surface area (Å²) in [5.41, 5.74) is 2.21. The lowest BCUT2D eigenvalue weighted by Gasteiger charge is -2.37. The van der Waals surface area contributed by atoms with Gasteiger partial charge in [-0.05, 0) is 42.7 Å². The average molecular weight is 434 g/mol. The lowest BCUT2D eigenvalue weighted by atomic mass is 9.76. The van der Waals surface area contributed by atoms with E-state index in [-0.39, 0.29) is 19.3 Å². The first kappa shape index (κ1) is 21.8. The lowest BCUT2D eigenvalue weighted by Crippen LogP contribution is -2.49. The van der Waals surface area contributed by atoms with Gasteiger partial charge in [-0.15, -0.1) is 0 Å². The van der Waals surface area contributed by atoms with Crippen LogP contribution in [0.2, 0.25) is 0 Å². The molecule has 0 aromatic heterocycles. The molecular weight excluding hydrogens is 406 g/mol. The highest BCUT2D eigenvalue weighted by atomic mass is 16.6. The van der Waals surface area contributed by atoms with E-state index in [1.807, 2.05) is 61.5 Å². The predicted molar refractivity (Wildman–Crippen MR) is 121 cm³/mol. The van der Waals surface area contributed by atoms with Gasteiger partial charge in [0.25, 0.3) is 12.9 Å². The van der Waals surface area contributed by atoms with Crippen molar-refractivity contribution in [3.8, 4) is 0 Å². The van der Waals surface area contributed by atoms with Crippen LogP contribution in [0.15, 0.2) is 84.0 Å². The number of hydrogen-bond donors (Lipinski definition) is 1. The highest BCUT2D eigenvalue weighted by Crippen LogP contribution is 2.53. The average Bonchev–Trinajstić information content (AvgIpc) is 3.36. The van der Waals surface area contributed by atoms with E-state index in [1.54, 1.807) is 0 Å². The van der Waals surface area contributed by atoms with E-state index in [9.17, 15) is 9.59 Å². The van der Waals surface area contributed by atoms with Crippen LogP contribution in [0.3, 0.4) is 0 Å². The fourth-order valence-corrected chi connectivity index (χ4v) is 4.78. The van der Waals surface area contributed by atoms with Crippen molar-refractivity contribution in [1.82, 2.24) is 0 Å². The Labute approximate surface area is 187 Å². The second kappa shape index (κ2) is 9.40. The zero-order valence-corrected chi connectivity index (χ0v) is 18.0. The minimum absolute atomic E-state index is 0.0644. The smallest absolute Gasteiger partial charge is 0.293 e. The molecule has 2 aliphatic rings. The number of ether oxygens (including phenoxy) is 3. The van der Waals surface area contributed by atoms with Gasteiger partial charge in [-0.2, -0.15) is 0 Å². The maximum atomic E-state index is 11.1. The zero-order chi connectivity index (χ0) is 22.4. The van der Waals surface area contributed by atoms with Gasteiger partial charge in [-0.1, -0.05) is 55.5 Å². The van der Waals surface area contributed by atoms with E-state index in [0.717, 1.165) is 22.4 Å². The molecule has 0 fully saturated rings. The highest BCUT2D eigenvalue weighted by molar-refractivity contribution is 5.57. The van der Waals surface area contributed by atoms with Gasteiger partial charge >= 0.3 is 0 Å². The molecule has 6 heteroatoms. The van der Waals surface area contributed by atoms with E-state index in [4.69, 9.17) is 14.2 Å². The summed E-state index contributed by atoms with van der Waals surface area (Å²) in [6.07, 6.45) is 5.45. The molecule has 166 valence electrons. The second-order valence-corrected chi connectivity index (χ2v) is 8.00. The van der Waals surface area contributed by atoms with Crippen molar-refractivity contribution in [2.75, 3.05) is 18.5 Å². The fraction of sp³-hybridized carbons (Fsp3) is 0.308. The number of rotatable bonds is 12. The Balaban J connectivity index is 1.79. The molecule has 1 N–H and O–H groups in total. The Morgan fingerprint density at radius 2 is 1.53 bits per heavy atom. The van der Waals surface area contributed by atoms with Gasteiger partial charge in [0.05, 0.1) is 6.04 Å². The first-order valence-corrected chi connectivity index (χ1v) is 10.8. The molecule has 2 aromatic carbocycles. The molecule has 0 aliphatic carbocycles. The van der Waals surface area contributed by atoms with Gasteiger partial charge in [-0.25, -0.2) is 0 Å². The number of carbonyl (C=O) groups is 2. The van der Waals surface area contributed by atoms with Crippen LogP contribution in [0.4, 0.5) is 5.69 Å². The topological polar surface area (TPSA) is 73.9 Å². The van der Waals surface area contributed by atoms with Crippen molar-refractivity contribution in [2.45, 2.75) is 37.0 Å². The predicted octanol–water partition coefficient (Wildman–Crippen LogP) is 3.84. The number of fused-ring (bicyclic) bond motifs is 2. The van der Waals surface area contributed by atoms with Crippen molar-refractivity contribution < 1.29 is 23.8 Å². The molecule has 2 aliphatic heterocycles. The van der Waals surface area contributed by atoms with E-state index < -0.39 is 11.2 Å². The Morgan fingerprint density at radius 3 is 2.16 bits per heavy atom. The highest BCUT2D eigenvalue weighted by Gasteiger charge is 2.59. The van der Waals surface area contributed by atoms with Gasteiger partial charge < -0.3 is 19.5 Å². The molecule has 0 saturated heterocycles. The number of para-hydroxylation sites is 1. The van der Waals surface area contributed by atoms with E-state index in [0.29, 0.717) is 25.8 Å². The third-order valence-electron chi connectivity index (χ3n) is 6.33. The van der Waals surface area contributed by atoms with Gasteiger partial charge in [0, 0.05) is 16.8 Å². The van der Waals surface area contributed by atoms with Crippen molar-refractivity contribution in [3.63, 3.8) is 0 Å². The molecule has 6 nitrogen and oxygen atoms in total. The van der Waals surface area contributed by atoms with Crippen LogP contribution in [-0.4, -0.2) is 43.4 Å². The Bertz CT molecular complexity index is 962. The minimum Gasteiger partial charge on any atom is -0.463 e. The summed E-state index contributed by atoms with van der Waals surface area (Å²) in [5.74, 6) is 0. The molecule has 2 aromatic rings.